The van der Waals surface area contributed by atoms with Crippen molar-refractivity contribution < 1.29 is 52.7 Å². The molecule has 0 saturated carbocycles. The Morgan fingerprint density at radius 1 is 0.922 bits per heavy atom. The van der Waals surface area contributed by atoms with Crippen molar-refractivity contribution in [2.45, 2.75) is 26.0 Å². The van der Waals surface area contributed by atoms with Crippen LogP contribution in [-0.2, 0) is 23.9 Å². The Kier molecular flexibility index (Phi) is 9.54. The number of benzene rings is 3. The second kappa shape index (κ2) is 14.0. The first-order chi connectivity index (χ1) is 24.5. The topological polar surface area (TPSA) is 181 Å². The predicted molar refractivity (Wildman–Crippen MR) is 180 cm³/mol. The van der Waals surface area contributed by atoms with Crippen LogP contribution >= 0.6 is 11.3 Å². The molecule has 6 rings (SSSR count). The molecule has 3 heterocycles. The van der Waals surface area contributed by atoms with Gasteiger partial charge in [-0.05, 0) is 55.3 Å². The van der Waals surface area contributed by atoms with E-state index in [9.17, 15) is 34.1 Å². The lowest BCUT2D eigenvalue weighted by atomic mass is 9.90. The van der Waals surface area contributed by atoms with E-state index in [4.69, 9.17) is 23.8 Å². The van der Waals surface area contributed by atoms with Gasteiger partial charge in [-0.2, -0.15) is 0 Å². The van der Waals surface area contributed by atoms with Gasteiger partial charge in [0.15, 0.2) is 17.6 Å². The van der Waals surface area contributed by atoms with Crippen molar-refractivity contribution in [1.82, 2.24) is 0 Å². The molecule has 0 spiro atoms. The minimum atomic E-state index is -1.46. The summed E-state index contributed by atoms with van der Waals surface area (Å²) in [6, 6.07) is 17.2. The summed E-state index contributed by atoms with van der Waals surface area (Å²) in [5, 5.41) is 12.8. The average Bonchev–Trinajstić information content (AvgIpc) is 3.77. The molecule has 262 valence electrons. The van der Waals surface area contributed by atoms with E-state index in [2.05, 4.69) is 0 Å². The zero-order valence-corrected chi connectivity index (χ0v) is 28.3. The lowest BCUT2D eigenvalue weighted by Gasteiger charge is -2.29. The largest absolute Gasteiger partial charge is 0.493 e. The number of hydrogen-bond acceptors (Lipinski definition) is 14. The van der Waals surface area contributed by atoms with Crippen LogP contribution in [-0.4, -0.2) is 61.6 Å². The maximum atomic E-state index is 14.5. The molecule has 0 N–H and O–H groups in total. The Hall–Kier alpha value is -6.13. The molecular formula is C35H29N3O12S. The first kappa shape index (κ1) is 34.7. The number of non-ortho nitro benzene ring substituents is 1. The Labute approximate surface area is 293 Å². The molecule has 4 aromatic rings. The summed E-state index contributed by atoms with van der Waals surface area (Å²) in [6.07, 6.45) is -1.46. The molecule has 3 atom stereocenters. The number of nitro benzene ring substituents is 1. The van der Waals surface area contributed by atoms with Crippen LogP contribution in [0.25, 0.3) is 0 Å². The van der Waals surface area contributed by atoms with Crippen molar-refractivity contribution in [1.29, 1.82) is 0 Å². The van der Waals surface area contributed by atoms with Crippen LogP contribution in [0.2, 0.25) is 0 Å². The Bertz CT molecular complexity index is 2080. The van der Waals surface area contributed by atoms with E-state index in [1.165, 1.54) is 55.5 Å². The highest BCUT2D eigenvalue weighted by molar-refractivity contribution is 7.19. The molecule has 16 heteroatoms. The molecule has 2 amide bonds. The number of methoxy groups -OCH3 is 2. The average molecular weight is 716 g/mol. The van der Waals surface area contributed by atoms with Gasteiger partial charge in [0.25, 0.3) is 11.6 Å². The van der Waals surface area contributed by atoms with Crippen molar-refractivity contribution in [2.24, 2.45) is 5.92 Å². The predicted octanol–water partition coefficient (Wildman–Crippen LogP) is 5.21. The summed E-state index contributed by atoms with van der Waals surface area (Å²) in [6.45, 7) is 3.13. The summed E-state index contributed by atoms with van der Waals surface area (Å²) in [5.41, 5.74) is 0.556. The number of ether oxygens (including phenoxy) is 4. The maximum absolute atomic E-state index is 14.5. The number of nitrogens with zero attached hydrogens (tertiary/aromatic N) is 3. The van der Waals surface area contributed by atoms with E-state index in [0.717, 1.165) is 23.3 Å². The zero-order valence-electron chi connectivity index (χ0n) is 27.5. The van der Waals surface area contributed by atoms with E-state index in [-0.39, 0.29) is 50.5 Å². The number of imide groups is 1. The van der Waals surface area contributed by atoms with Crippen molar-refractivity contribution >= 4 is 57.4 Å². The summed E-state index contributed by atoms with van der Waals surface area (Å²) >= 11 is 0.729. The maximum Gasteiger partial charge on any atom is 0.348 e. The van der Waals surface area contributed by atoms with Crippen molar-refractivity contribution in [3.05, 3.63) is 110 Å². The van der Waals surface area contributed by atoms with Crippen molar-refractivity contribution in [2.75, 3.05) is 30.8 Å². The summed E-state index contributed by atoms with van der Waals surface area (Å²) in [4.78, 5) is 85.2. The second-order valence-corrected chi connectivity index (χ2v) is 12.2. The second-order valence-electron chi connectivity index (χ2n) is 11.2. The molecule has 51 heavy (non-hydrogen) atoms. The van der Waals surface area contributed by atoms with Crippen LogP contribution in [0.3, 0.4) is 0 Å². The van der Waals surface area contributed by atoms with E-state index in [0.29, 0.717) is 11.1 Å². The number of nitro groups is 1. The normalized spacial score (nSPS) is 18.0. The molecule has 1 aromatic heterocycles. The minimum absolute atomic E-state index is 0.00553. The highest BCUT2D eigenvalue weighted by Crippen LogP contribution is 2.51. The van der Waals surface area contributed by atoms with E-state index >= 15 is 0 Å². The number of fused-ring (bicyclic) bond motifs is 1. The van der Waals surface area contributed by atoms with Gasteiger partial charge < -0.3 is 18.9 Å². The van der Waals surface area contributed by atoms with E-state index in [1.54, 1.807) is 43.3 Å². The van der Waals surface area contributed by atoms with Crippen LogP contribution in [0.4, 0.5) is 16.4 Å². The van der Waals surface area contributed by atoms with Crippen LogP contribution in [0.1, 0.15) is 54.5 Å². The first-order valence-electron chi connectivity index (χ1n) is 15.4. The van der Waals surface area contributed by atoms with Gasteiger partial charge in [-0.1, -0.05) is 30.3 Å². The molecule has 3 aromatic carbocycles. The monoisotopic (exact) mass is 715 g/mol. The van der Waals surface area contributed by atoms with Gasteiger partial charge >= 0.3 is 17.9 Å². The number of carbonyl (C=O) groups excluding carboxylic acids is 5. The Balaban J connectivity index is 1.44. The SMILES string of the molecule is CCOC(=O)c1sc(N2C(=O)[C@@H]3[C@@H](ON(c4cccc([N+](=O)[O-])c4)[C@H]3c3ccc(OC(=O)c4ccccc4)c(OC)c3)C2=O)c(C(=O)OC)c1C. The lowest BCUT2D eigenvalue weighted by Crippen LogP contribution is -2.37. The van der Waals surface area contributed by atoms with E-state index in [1.807, 2.05) is 0 Å². The van der Waals surface area contributed by atoms with Crippen LogP contribution in [0.5, 0.6) is 11.5 Å². The number of carbonyl (C=O) groups is 5. The number of amides is 2. The smallest absolute Gasteiger partial charge is 0.348 e. The fourth-order valence-corrected chi connectivity index (χ4v) is 7.20. The standard InChI is InChI=1S/C35H29N3O12S/c1-5-48-35(43)29-18(2)25(34(42)47-4)32(51-29)36-30(39)26-27(37(50-28(26)31(36)40)21-12-9-13-22(17-21)38(44)45)20-14-15-23(24(16-20)46-3)49-33(41)19-10-7-6-8-11-19/h6-17,26-28H,5H2,1-4H3/t26-,27-,28+/m0/s1. The molecular weight excluding hydrogens is 686 g/mol. The first-order valence-corrected chi connectivity index (χ1v) is 16.2. The summed E-state index contributed by atoms with van der Waals surface area (Å²) in [7, 11) is 2.48. The van der Waals surface area contributed by atoms with Crippen LogP contribution < -0.4 is 19.4 Å². The molecule has 2 saturated heterocycles. The molecule has 0 bridgehead atoms. The third-order valence-electron chi connectivity index (χ3n) is 8.33. The highest BCUT2D eigenvalue weighted by atomic mass is 32.1. The van der Waals surface area contributed by atoms with Gasteiger partial charge in [0.1, 0.15) is 15.8 Å². The fourth-order valence-electron chi connectivity index (χ4n) is 6.00. The number of thiophene rings is 1. The molecule has 15 nitrogen and oxygen atoms in total. The number of anilines is 2. The third kappa shape index (κ3) is 6.15. The number of hydrogen-bond donors (Lipinski definition) is 0. The van der Waals surface area contributed by atoms with Gasteiger partial charge in [-0.25, -0.2) is 24.3 Å². The number of rotatable bonds is 10. The Morgan fingerprint density at radius 3 is 2.33 bits per heavy atom. The molecule has 2 aliphatic rings. The van der Waals surface area contributed by atoms with Crippen LogP contribution in [0, 0.1) is 23.0 Å². The minimum Gasteiger partial charge on any atom is -0.493 e. The zero-order chi connectivity index (χ0) is 36.6. The van der Waals surface area contributed by atoms with Gasteiger partial charge in [-0.3, -0.25) is 24.5 Å². The number of hydroxylamine groups is 1. The van der Waals surface area contributed by atoms with E-state index < -0.39 is 52.7 Å². The number of esters is 3. The summed E-state index contributed by atoms with van der Waals surface area (Å²) < 4.78 is 21.2. The van der Waals surface area contributed by atoms with Gasteiger partial charge in [-0.15, -0.1) is 11.3 Å². The molecule has 0 aliphatic carbocycles. The Morgan fingerprint density at radius 2 is 1.67 bits per heavy atom. The van der Waals surface area contributed by atoms with Crippen molar-refractivity contribution in [3.8, 4) is 11.5 Å². The van der Waals surface area contributed by atoms with Gasteiger partial charge in [0.2, 0.25) is 5.91 Å². The fraction of sp³-hybridized carbons (Fsp3) is 0.229. The molecule has 2 fully saturated rings. The molecule has 0 unspecified atom stereocenters. The van der Waals surface area contributed by atoms with Gasteiger partial charge in [0.05, 0.1) is 48.6 Å². The highest BCUT2D eigenvalue weighted by Gasteiger charge is 2.61. The van der Waals surface area contributed by atoms with Gasteiger partial charge in [0, 0.05) is 12.1 Å². The summed E-state index contributed by atoms with van der Waals surface area (Å²) in [5.74, 6) is -4.99. The van der Waals surface area contributed by atoms with Crippen LogP contribution in [0.15, 0.2) is 72.8 Å². The van der Waals surface area contributed by atoms with Crippen molar-refractivity contribution in [3.63, 3.8) is 0 Å². The molecule has 0 radical (unpaired) electrons. The lowest BCUT2D eigenvalue weighted by molar-refractivity contribution is -0.384. The molecule has 2 aliphatic heterocycles. The quantitative estimate of drug-likeness (QED) is 0.0687. The third-order valence-corrected chi connectivity index (χ3v) is 9.59.